The lowest BCUT2D eigenvalue weighted by Gasteiger charge is -2.20. The highest BCUT2D eigenvalue weighted by Gasteiger charge is 2.27. The minimum atomic E-state index is -2.18. The molecule has 11 heavy (non-hydrogen) atoms. The van der Waals surface area contributed by atoms with Crippen LogP contribution < -0.4 is 11.5 Å². The largest absolute Gasteiger partial charge is 0.480 e. The molecule has 0 aromatic carbocycles. The molecule has 1 unspecified atom stereocenters. The molecule has 6 heteroatoms. The molecule has 0 rings (SSSR count). The molecule has 0 radical (unpaired) electrons. The monoisotopic (exact) mass is 164 g/mol. The standard InChI is InChI=1S/C5H12N2O4/c6-2-5(10,11)1-3(7)4(8)9/h3,10-11H,1-2,6-7H2,(H,8,9). The van der Waals surface area contributed by atoms with Crippen molar-refractivity contribution in [2.24, 2.45) is 11.5 Å². The fourth-order valence-electron chi connectivity index (χ4n) is 0.523. The summed E-state index contributed by atoms with van der Waals surface area (Å²) in [6.07, 6.45) is -0.473. The van der Waals surface area contributed by atoms with E-state index in [4.69, 9.17) is 26.8 Å². The number of aliphatic carboxylic acids is 1. The molecule has 0 heterocycles. The zero-order valence-corrected chi connectivity index (χ0v) is 5.90. The summed E-state index contributed by atoms with van der Waals surface area (Å²) in [6, 6.07) is -1.30. The Balaban J connectivity index is 3.93. The number of rotatable bonds is 4. The first-order chi connectivity index (χ1) is 4.89. The Bertz CT molecular complexity index is 147. The molecular weight excluding hydrogens is 152 g/mol. The van der Waals surface area contributed by atoms with E-state index in [1.165, 1.54) is 0 Å². The molecule has 0 aromatic heterocycles. The third-order valence-electron chi connectivity index (χ3n) is 1.19. The lowest BCUT2D eigenvalue weighted by atomic mass is 10.1. The van der Waals surface area contributed by atoms with Crippen LogP contribution in [-0.4, -0.2) is 39.7 Å². The van der Waals surface area contributed by atoms with Crippen LogP contribution in [0.1, 0.15) is 6.42 Å². The molecule has 66 valence electrons. The highest BCUT2D eigenvalue weighted by atomic mass is 16.5. The zero-order valence-electron chi connectivity index (χ0n) is 5.90. The van der Waals surface area contributed by atoms with Crippen LogP contribution in [0.25, 0.3) is 0 Å². The van der Waals surface area contributed by atoms with Gasteiger partial charge in [0.05, 0.1) is 0 Å². The third-order valence-corrected chi connectivity index (χ3v) is 1.19. The Morgan fingerprint density at radius 3 is 2.27 bits per heavy atom. The van der Waals surface area contributed by atoms with Gasteiger partial charge in [-0.15, -0.1) is 0 Å². The quantitative estimate of drug-likeness (QED) is 0.290. The van der Waals surface area contributed by atoms with Crippen molar-refractivity contribution in [1.82, 2.24) is 0 Å². The van der Waals surface area contributed by atoms with E-state index in [1.807, 2.05) is 0 Å². The molecule has 0 fully saturated rings. The van der Waals surface area contributed by atoms with Crippen molar-refractivity contribution < 1.29 is 20.1 Å². The summed E-state index contributed by atoms with van der Waals surface area (Å²) < 4.78 is 0. The van der Waals surface area contributed by atoms with E-state index in [0.717, 1.165) is 0 Å². The van der Waals surface area contributed by atoms with Crippen LogP contribution in [0.2, 0.25) is 0 Å². The number of nitrogens with two attached hydrogens (primary N) is 2. The molecule has 6 nitrogen and oxygen atoms in total. The summed E-state index contributed by atoms with van der Waals surface area (Å²) in [5, 5.41) is 25.9. The molecule has 0 saturated carbocycles. The van der Waals surface area contributed by atoms with Gasteiger partial charge in [0.25, 0.3) is 0 Å². The molecule has 7 N–H and O–H groups in total. The summed E-state index contributed by atoms with van der Waals surface area (Å²) >= 11 is 0. The van der Waals surface area contributed by atoms with Gasteiger partial charge in [-0.05, 0) is 0 Å². The van der Waals surface area contributed by atoms with E-state index >= 15 is 0 Å². The van der Waals surface area contributed by atoms with Crippen molar-refractivity contribution in [3.63, 3.8) is 0 Å². The molecule has 0 aromatic rings. The van der Waals surface area contributed by atoms with Gasteiger partial charge >= 0.3 is 5.97 Å². The molecule has 1 atom stereocenters. The number of carboxylic acid groups (broad SMARTS) is 1. The fourth-order valence-corrected chi connectivity index (χ4v) is 0.523. The normalized spacial score (nSPS) is 14.5. The van der Waals surface area contributed by atoms with Crippen LogP contribution in [-0.2, 0) is 4.79 Å². The van der Waals surface area contributed by atoms with Crippen molar-refractivity contribution in [2.45, 2.75) is 18.2 Å². The molecule has 0 amide bonds. The number of carboxylic acids is 1. The Morgan fingerprint density at radius 1 is 1.55 bits per heavy atom. The molecule has 0 aliphatic carbocycles. The van der Waals surface area contributed by atoms with Crippen molar-refractivity contribution in [3.05, 3.63) is 0 Å². The van der Waals surface area contributed by atoms with E-state index in [9.17, 15) is 4.79 Å². The van der Waals surface area contributed by atoms with Gasteiger partial charge in [0.2, 0.25) is 0 Å². The second kappa shape index (κ2) is 3.63. The molecule has 0 aliphatic heterocycles. The summed E-state index contributed by atoms with van der Waals surface area (Å²) in [7, 11) is 0. The first-order valence-electron chi connectivity index (χ1n) is 3.02. The Kier molecular flexibility index (Phi) is 3.40. The first-order valence-corrected chi connectivity index (χ1v) is 3.02. The van der Waals surface area contributed by atoms with E-state index in [-0.39, 0.29) is 0 Å². The predicted molar refractivity (Wildman–Crippen MR) is 36.5 cm³/mol. The van der Waals surface area contributed by atoms with Crippen molar-refractivity contribution >= 4 is 5.97 Å². The average molecular weight is 164 g/mol. The maximum Gasteiger partial charge on any atom is 0.320 e. The van der Waals surface area contributed by atoms with E-state index in [0.29, 0.717) is 0 Å². The van der Waals surface area contributed by atoms with Crippen LogP contribution >= 0.6 is 0 Å². The minimum absolute atomic E-state index is 0.437. The lowest BCUT2D eigenvalue weighted by Crippen LogP contribution is -2.45. The average Bonchev–Trinajstić information content (AvgIpc) is 1.87. The number of hydrogen-bond acceptors (Lipinski definition) is 5. The van der Waals surface area contributed by atoms with E-state index in [1.54, 1.807) is 0 Å². The van der Waals surface area contributed by atoms with Gasteiger partial charge in [-0.25, -0.2) is 0 Å². The van der Waals surface area contributed by atoms with E-state index < -0.39 is 30.8 Å². The topological polar surface area (TPSA) is 130 Å². The van der Waals surface area contributed by atoms with Gasteiger partial charge < -0.3 is 26.8 Å². The molecule has 0 saturated heterocycles. The van der Waals surface area contributed by atoms with Gasteiger partial charge in [-0.3, -0.25) is 4.79 Å². The van der Waals surface area contributed by atoms with Gasteiger partial charge in [-0.1, -0.05) is 0 Å². The maximum atomic E-state index is 10.1. The SMILES string of the molecule is NCC(O)(O)CC(N)C(=O)O. The summed E-state index contributed by atoms with van der Waals surface area (Å²) in [4.78, 5) is 10.1. The Hall–Kier alpha value is -0.690. The second-order valence-corrected chi connectivity index (χ2v) is 2.34. The van der Waals surface area contributed by atoms with Crippen molar-refractivity contribution in [3.8, 4) is 0 Å². The van der Waals surface area contributed by atoms with E-state index in [2.05, 4.69) is 0 Å². The highest BCUT2D eigenvalue weighted by Crippen LogP contribution is 2.05. The predicted octanol–water partition coefficient (Wildman–Crippen LogP) is -2.57. The number of carbonyl (C=O) groups is 1. The fraction of sp³-hybridized carbons (Fsp3) is 0.800. The van der Waals surface area contributed by atoms with Gasteiger partial charge in [-0.2, -0.15) is 0 Å². The minimum Gasteiger partial charge on any atom is -0.480 e. The summed E-state index contributed by atoms with van der Waals surface area (Å²) in [6.45, 7) is -0.437. The van der Waals surface area contributed by atoms with Crippen LogP contribution in [0.15, 0.2) is 0 Å². The first kappa shape index (κ1) is 10.3. The van der Waals surface area contributed by atoms with Crippen LogP contribution in [0.4, 0.5) is 0 Å². The van der Waals surface area contributed by atoms with Crippen molar-refractivity contribution in [1.29, 1.82) is 0 Å². The summed E-state index contributed by atoms with van der Waals surface area (Å²) in [5.74, 6) is -3.47. The molecular formula is C5H12N2O4. The van der Waals surface area contributed by atoms with Crippen LogP contribution in [0, 0.1) is 0 Å². The molecule has 0 aliphatic rings. The molecule has 0 bridgehead atoms. The number of hydrogen-bond donors (Lipinski definition) is 5. The zero-order chi connectivity index (χ0) is 9.07. The van der Waals surface area contributed by atoms with Crippen LogP contribution in [0.3, 0.4) is 0 Å². The summed E-state index contributed by atoms with van der Waals surface area (Å²) in [5.41, 5.74) is 9.91. The van der Waals surface area contributed by atoms with Crippen molar-refractivity contribution in [2.75, 3.05) is 6.54 Å². The lowest BCUT2D eigenvalue weighted by molar-refractivity contribution is -0.168. The third kappa shape index (κ3) is 3.89. The Morgan fingerprint density at radius 2 is 2.00 bits per heavy atom. The van der Waals surface area contributed by atoms with Gasteiger partial charge in [0.1, 0.15) is 6.04 Å². The molecule has 0 spiro atoms. The maximum absolute atomic E-state index is 10.1. The number of aliphatic hydroxyl groups is 2. The second-order valence-electron chi connectivity index (χ2n) is 2.34. The van der Waals surface area contributed by atoms with Gasteiger partial charge in [0.15, 0.2) is 5.79 Å². The van der Waals surface area contributed by atoms with Crippen LogP contribution in [0.5, 0.6) is 0 Å². The van der Waals surface area contributed by atoms with Gasteiger partial charge in [0, 0.05) is 13.0 Å². The smallest absolute Gasteiger partial charge is 0.320 e. The Labute approximate surface area is 63.4 Å². The highest BCUT2D eigenvalue weighted by molar-refractivity contribution is 5.73.